The third kappa shape index (κ3) is 5.35. The van der Waals surface area contributed by atoms with Crippen molar-refractivity contribution in [3.8, 4) is 6.07 Å². The molecule has 0 unspecified atom stereocenters. The van der Waals surface area contributed by atoms with Gasteiger partial charge in [-0.25, -0.2) is 10.1 Å². The zero-order chi connectivity index (χ0) is 24.1. The van der Waals surface area contributed by atoms with E-state index in [1.165, 1.54) is 0 Å². The van der Waals surface area contributed by atoms with Crippen LogP contribution >= 0.6 is 0 Å². The van der Waals surface area contributed by atoms with E-state index in [0.717, 1.165) is 17.9 Å². The third-order valence-corrected chi connectivity index (χ3v) is 6.44. The highest BCUT2D eigenvalue weighted by atomic mass is 16.5. The van der Waals surface area contributed by atoms with Crippen molar-refractivity contribution in [2.45, 2.75) is 31.8 Å². The lowest BCUT2D eigenvalue weighted by atomic mass is 10.2. The van der Waals surface area contributed by atoms with Crippen molar-refractivity contribution < 1.29 is 9.53 Å². The summed E-state index contributed by atoms with van der Waals surface area (Å²) in [6.45, 7) is 5.83. The molecule has 0 radical (unpaired) electrons. The van der Waals surface area contributed by atoms with Gasteiger partial charge >= 0.3 is 0 Å². The zero-order valence-corrected chi connectivity index (χ0v) is 19.3. The number of rotatable bonds is 7. The Morgan fingerprint density at radius 1 is 1.29 bits per heavy atom. The van der Waals surface area contributed by atoms with E-state index in [9.17, 15) is 9.59 Å². The molecule has 2 aliphatic heterocycles. The van der Waals surface area contributed by atoms with E-state index in [1.54, 1.807) is 25.4 Å². The number of anilines is 2. The Morgan fingerprint density at radius 2 is 2.09 bits per heavy atom. The van der Waals surface area contributed by atoms with Crippen molar-refractivity contribution in [2.24, 2.45) is 5.73 Å². The van der Waals surface area contributed by atoms with E-state index >= 15 is 0 Å². The van der Waals surface area contributed by atoms with Crippen molar-refractivity contribution in [3.63, 3.8) is 0 Å². The number of pyridine rings is 1. The highest BCUT2D eigenvalue weighted by Gasteiger charge is 2.32. The lowest BCUT2D eigenvalue weighted by Gasteiger charge is -2.35. The van der Waals surface area contributed by atoms with Crippen LogP contribution in [0.1, 0.15) is 24.0 Å². The molecule has 2 saturated heterocycles. The Bertz CT molecular complexity index is 1090. The van der Waals surface area contributed by atoms with Gasteiger partial charge in [0, 0.05) is 50.5 Å². The van der Waals surface area contributed by atoms with Crippen molar-refractivity contribution in [3.05, 3.63) is 46.0 Å². The first kappa shape index (κ1) is 23.7. The number of carbonyl (C=O) groups is 1. The minimum Gasteiger partial charge on any atom is -0.379 e. The van der Waals surface area contributed by atoms with E-state index < -0.39 is 0 Å². The smallest absolute Gasteiger partial charge is 0.269 e. The second-order valence-electron chi connectivity index (χ2n) is 8.72. The molecule has 2 aromatic heterocycles. The molecule has 2 aliphatic rings. The number of piperazine rings is 1. The number of aromatic nitrogens is 3. The van der Waals surface area contributed by atoms with Gasteiger partial charge in [0.1, 0.15) is 11.9 Å². The maximum absolute atomic E-state index is 12.6. The number of H-pyrrole nitrogens is 1. The number of hydrogen-bond donors (Lipinski definition) is 2. The summed E-state index contributed by atoms with van der Waals surface area (Å²) in [6, 6.07) is 5.69. The van der Waals surface area contributed by atoms with Crippen LogP contribution in [0.2, 0.25) is 0 Å². The second kappa shape index (κ2) is 10.6. The number of amides is 1. The van der Waals surface area contributed by atoms with E-state index in [1.807, 2.05) is 11.0 Å². The molecule has 3 N–H and O–H groups in total. The average Bonchev–Trinajstić information content (AvgIpc) is 3.23. The van der Waals surface area contributed by atoms with E-state index in [-0.39, 0.29) is 23.6 Å². The first-order chi connectivity index (χ1) is 16.5. The van der Waals surface area contributed by atoms with E-state index in [2.05, 4.69) is 31.1 Å². The van der Waals surface area contributed by atoms with Crippen LogP contribution in [-0.2, 0) is 9.53 Å². The summed E-state index contributed by atoms with van der Waals surface area (Å²) in [5.74, 6) is 0.890. The van der Waals surface area contributed by atoms with Gasteiger partial charge < -0.3 is 25.2 Å². The highest BCUT2D eigenvalue weighted by Crippen LogP contribution is 2.26. The first-order valence-corrected chi connectivity index (χ1v) is 11.5. The number of nitrogens with one attached hydrogen (secondary N) is 1. The van der Waals surface area contributed by atoms with Crippen molar-refractivity contribution in [2.75, 3.05) is 55.7 Å². The van der Waals surface area contributed by atoms with Crippen LogP contribution in [0.15, 0.2) is 29.3 Å². The number of hydrogen-bond acceptors (Lipinski definition) is 9. The molecule has 2 fully saturated rings. The minimum atomic E-state index is -0.210. The molecule has 2 aromatic rings. The lowest BCUT2D eigenvalue weighted by molar-refractivity contribution is -0.132. The number of carbonyl (C=O) groups excluding carboxylic acids is 1. The molecule has 180 valence electrons. The Kier molecular flexibility index (Phi) is 7.40. The molecule has 1 amide bonds. The van der Waals surface area contributed by atoms with Gasteiger partial charge in [-0.2, -0.15) is 10.4 Å². The van der Waals surface area contributed by atoms with Gasteiger partial charge in [0.25, 0.3) is 5.56 Å². The quantitative estimate of drug-likeness (QED) is 0.539. The molecule has 0 aromatic carbocycles. The second-order valence-corrected chi connectivity index (χ2v) is 8.72. The first-order valence-electron chi connectivity index (χ1n) is 11.5. The van der Waals surface area contributed by atoms with Crippen LogP contribution in [0, 0.1) is 18.3 Å². The van der Waals surface area contributed by atoms with Crippen LogP contribution in [0.3, 0.4) is 0 Å². The molecule has 0 spiro atoms. The number of nitriles is 1. The number of ether oxygens (including phenoxy) is 1. The van der Waals surface area contributed by atoms with Gasteiger partial charge in [0.2, 0.25) is 5.91 Å². The summed E-state index contributed by atoms with van der Waals surface area (Å²) in [4.78, 5) is 35.0. The maximum Gasteiger partial charge on any atom is 0.269 e. The number of aromatic amines is 1. The van der Waals surface area contributed by atoms with E-state index in [4.69, 9.17) is 15.7 Å². The average molecular weight is 467 g/mol. The molecule has 4 heterocycles. The predicted molar refractivity (Wildman–Crippen MR) is 127 cm³/mol. The molecular formula is C23H30N8O3. The molecular weight excluding hydrogens is 436 g/mol. The number of nitrogens with zero attached hydrogens (tertiary/aromatic N) is 6. The number of nitrogens with two attached hydrogens (primary N) is 1. The van der Waals surface area contributed by atoms with Crippen LogP contribution in [-0.4, -0.2) is 84.0 Å². The fourth-order valence-electron chi connectivity index (χ4n) is 4.51. The summed E-state index contributed by atoms with van der Waals surface area (Å²) in [5, 5.41) is 15.3. The summed E-state index contributed by atoms with van der Waals surface area (Å²) in [6.07, 6.45) is 4.29. The van der Waals surface area contributed by atoms with Crippen LogP contribution in [0.4, 0.5) is 11.5 Å². The van der Waals surface area contributed by atoms with Crippen LogP contribution in [0.5, 0.6) is 0 Å². The zero-order valence-electron chi connectivity index (χ0n) is 19.3. The molecule has 11 heteroatoms. The summed E-state index contributed by atoms with van der Waals surface area (Å²) in [7, 11) is 0. The van der Waals surface area contributed by atoms with Gasteiger partial charge in [-0.05, 0) is 25.5 Å². The fraction of sp³-hybridized carbons (Fsp3) is 0.522. The van der Waals surface area contributed by atoms with E-state index in [0.29, 0.717) is 63.5 Å². The molecule has 0 bridgehead atoms. The van der Waals surface area contributed by atoms with Crippen molar-refractivity contribution in [1.29, 1.82) is 5.26 Å². The minimum absolute atomic E-state index is 0.00388. The summed E-state index contributed by atoms with van der Waals surface area (Å²) in [5.41, 5.74) is 7.88. The van der Waals surface area contributed by atoms with Gasteiger partial charge in [-0.15, -0.1) is 0 Å². The molecule has 11 nitrogen and oxygen atoms in total. The largest absolute Gasteiger partial charge is 0.379 e. The van der Waals surface area contributed by atoms with Gasteiger partial charge in [0.15, 0.2) is 0 Å². The molecule has 4 rings (SSSR count). The Labute approximate surface area is 198 Å². The lowest BCUT2D eigenvalue weighted by Crippen LogP contribution is -2.49. The highest BCUT2D eigenvalue weighted by molar-refractivity contribution is 5.76. The van der Waals surface area contributed by atoms with Gasteiger partial charge in [0.05, 0.1) is 43.1 Å². The predicted octanol–water partition coefficient (Wildman–Crippen LogP) is 0.00650. The molecule has 2 atom stereocenters. The van der Waals surface area contributed by atoms with Gasteiger partial charge in [-0.3, -0.25) is 9.59 Å². The summed E-state index contributed by atoms with van der Waals surface area (Å²) < 4.78 is 5.86. The molecule has 0 saturated carbocycles. The SMILES string of the molecule is Cc1c(N2C[C@@H](N)C[C@H]2COCCC(=O)N2CCN(c3ccc(C#N)cn3)CC2)cn[nH]c1=O. The normalized spacial score (nSPS) is 20.4. The Balaban J connectivity index is 1.21. The monoisotopic (exact) mass is 466 g/mol. The molecule has 34 heavy (non-hydrogen) atoms. The fourth-order valence-corrected chi connectivity index (χ4v) is 4.51. The van der Waals surface area contributed by atoms with Crippen LogP contribution in [0.25, 0.3) is 0 Å². The Morgan fingerprint density at radius 3 is 2.79 bits per heavy atom. The Hall–Kier alpha value is -3.49. The van der Waals surface area contributed by atoms with Crippen LogP contribution < -0.4 is 21.1 Å². The standard InChI is InChI=1S/C23H30N8O3/c1-16-20(13-27-28-23(16)33)31-14-18(25)10-19(31)15-34-9-4-22(32)30-7-5-29(6-8-30)21-3-2-17(11-24)12-26-21/h2-3,12-13,18-19H,4-10,14-15,25H2,1H3,(H,28,33)/t18-,19-/m0/s1. The van der Waals surface area contributed by atoms with Gasteiger partial charge in [-0.1, -0.05) is 0 Å². The maximum atomic E-state index is 12.6. The van der Waals surface area contributed by atoms with Crippen molar-refractivity contribution in [1.82, 2.24) is 20.1 Å². The topological polar surface area (TPSA) is 144 Å². The molecule has 0 aliphatic carbocycles. The summed E-state index contributed by atoms with van der Waals surface area (Å²) >= 11 is 0. The van der Waals surface area contributed by atoms with Crippen molar-refractivity contribution >= 4 is 17.4 Å². The third-order valence-electron chi connectivity index (χ3n) is 6.44.